The molecule has 0 saturated heterocycles. The van der Waals surface area contributed by atoms with Crippen LogP contribution in [0.1, 0.15) is 11.1 Å². The number of carboxylic acids is 2. The van der Waals surface area contributed by atoms with E-state index in [4.69, 9.17) is 11.5 Å². The molecule has 0 radical (unpaired) electrons. The van der Waals surface area contributed by atoms with Gasteiger partial charge in [0.1, 0.15) is 11.5 Å². The summed E-state index contributed by atoms with van der Waals surface area (Å²) in [6, 6.07) is 7.62. The molecular formula is C22H22N4Na2O6. The number of nitrogens with two attached hydrogens (primary N) is 2. The van der Waals surface area contributed by atoms with Crippen LogP contribution in [0.2, 0.25) is 0 Å². The molecule has 12 heteroatoms. The summed E-state index contributed by atoms with van der Waals surface area (Å²) in [6.07, 6.45) is 3.72. The summed E-state index contributed by atoms with van der Waals surface area (Å²) in [5.74, 6) is -2.30. The molecule has 34 heavy (non-hydrogen) atoms. The third kappa shape index (κ3) is 7.49. The Morgan fingerprint density at radius 1 is 0.765 bits per heavy atom. The van der Waals surface area contributed by atoms with E-state index in [1.54, 1.807) is 48.8 Å². The van der Waals surface area contributed by atoms with Crippen molar-refractivity contribution in [2.45, 2.75) is 24.9 Å². The summed E-state index contributed by atoms with van der Waals surface area (Å²) >= 11 is 0. The second-order valence-corrected chi connectivity index (χ2v) is 7.35. The summed E-state index contributed by atoms with van der Waals surface area (Å²) in [4.78, 5) is 27.0. The summed E-state index contributed by atoms with van der Waals surface area (Å²) in [6.45, 7) is 0. The van der Waals surface area contributed by atoms with Crippen LogP contribution >= 0.6 is 0 Å². The van der Waals surface area contributed by atoms with Gasteiger partial charge in [0.2, 0.25) is 0 Å². The van der Waals surface area contributed by atoms with Crippen LogP contribution in [-0.2, 0) is 22.4 Å². The van der Waals surface area contributed by atoms with Gasteiger partial charge in [0.15, 0.2) is 0 Å². The van der Waals surface area contributed by atoms with E-state index >= 15 is 0 Å². The van der Waals surface area contributed by atoms with Gasteiger partial charge >= 0.3 is 59.1 Å². The summed E-state index contributed by atoms with van der Waals surface area (Å²) in [7, 11) is 0. The fourth-order valence-corrected chi connectivity index (χ4v) is 3.31. The van der Waals surface area contributed by atoms with Gasteiger partial charge in [-0.2, -0.15) is 0 Å². The van der Waals surface area contributed by atoms with Crippen molar-refractivity contribution in [2.75, 3.05) is 0 Å². The number of carbonyl (C=O) groups is 2. The number of hydrogen-bond donors (Lipinski definition) is 6. The van der Waals surface area contributed by atoms with Crippen LogP contribution in [-0.4, -0.2) is 44.2 Å². The molecular weight excluding hydrogens is 462 g/mol. The van der Waals surface area contributed by atoms with Crippen LogP contribution in [0.15, 0.2) is 48.8 Å². The number of phenols is 2. The molecule has 0 aliphatic rings. The monoisotopic (exact) mass is 484 g/mol. The summed E-state index contributed by atoms with van der Waals surface area (Å²) in [5.41, 5.74) is 14.0. The molecule has 2 heterocycles. The predicted octanol–water partition coefficient (Wildman–Crippen LogP) is -7.01. The zero-order valence-electron chi connectivity index (χ0n) is 18.9. The molecule has 0 bridgehead atoms. The quantitative estimate of drug-likeness (QED) is 0.145. The number of carbonyl (C=O) groups excluding carboxylic acids is 2. The van der Waals surface area contributed by atoms with Crippen molar-refractivity contribution in [2.24, 2.45) is 11.5 Å². The van der Waals surface area contributed by atoms with Crippen molar-refractivity contribution in [3.05, 3.63) is 59.9 Å². The molecule has 2 atom stereocenters. The Kier molecular flexibility index (Phi) is 11.6. The molecule has 4 rings (SSSR count). The van der Waals surface area contributed by atoms with Crippen LogP contribution in [0.25, 0.3) is 21.8 Å². The second-order valence-electron chi connectivity index (χ2n) is 7.35. The van der Waals surface area contributed by atoms with Crippen molar-refractivity contribution in [1.29, 1.82) is 0 Å². The molecule has 168 valence electrons. The topological polar surface area (TPSA) is 204 Å². The number of carboxylic acid groups (broad SMARTS) is 2. The van der Waals surface area contributed by atoms with Gasteiger partial charge in [-0.15, -0.1) is 0 Å². The maximum absolute atomic E-state index is 10.5. The minimum atomic E-state index is -1.28. The molecule has 4 aromatic rings. The maximum Gasteiger partial charge on any atom is 1.00 e. The van der Waals surface area contributed by atoms with E-state index in [-0.39, 0.29) is 83.5 Å². The van der Waals surface area contributed by atoms with E-state index in [1.807, 2.05) is 0 Å². The average molecular weight is 484 g/mol. The van der Waals surface area contributed by atoms with E-state index < -0.39 is 24.0 Å². The van der Waals surface area contributed by atoms with Gasteiger partial charge in [-0.1, -0.05) is 0 Å². The molecule has 0 aliphatic carbocycles. The number of fused-ring (bicyclic) bond motifs is 2. The zero-order valence-corrected chi connectivity index (χ0v) is 22.9. The molecule has 10 nitrogen and oxygen atoms in total. The van der Waals surface area contributed by atoms with Crippen molar-refractivity contribution >= 4 is 33.7 Å². The molecule has 0 aliphatic heterocycles. The van der Waals surface area contributed by atoms with Gasteiger partial charge in [0.05, 0.1) is 11.9 Å². The zero-order chi connectivity index (χ0) is 23.4. The number of hydrogen-bond acceptors (Lipinski definition) is 8. The Hall–Kier alpha value is -2.02. The molecule has 2 aromatic carbocycles. The SMILES string of the molecule is N[C@@H](Cc1c[nH]c2ccc(O)cc12)C(=O)[O-].N[C@@H](Cc1c[nH]c2ccc(O)cc12)C(=O)[O-].[Na+].[Na+]. The molecule has 0 fully saturated rings. The maximum atomic E-state index is 10.5. The van der Waals surface area contributed by atoms with E-state index in [1.165, 1.54) is 0 Å². The molecule has 0 spiro atoms. The number of aliphatic carboxylic acids is 2. The predicted molar refractivity (Wildman–Crippen MR) is 113 cm³/mol. The van der Waals surface area contributed by atoms with Gasteiger partial charge in [0, 0.05) is 46.3 Å². The van der Waals surface area contributed by atoms with Crippen molar-refractivity contribution in [3.63, 3.8) is 0 Å². The first-order valence-electron chi connectivity index (χ1n) is 9.66. The molecule has 0 amide bonds. The Balaban J connectivity index is 0.000000321. The normalized spacial score (nSPS) is 12.1. The van der Waals surface area contributed by atoms with E-state index in [0.717, 1.165) is 32.9 Å². The van der Waals surface area contributed by atoms with Gasteiger partial charge in [-0.05, 0) is 60.4 Å². The van der Waals surface area contributed by atoms with E-state index in [9.17, 15) is 30.0 Å². The van der Waals surface area contributed by atoms with Crippen LogP contribution in [0, 0.1) is 0 Å². The Bertz CT molecular complexity index is 1170. The smallest absolute Gasteiger partial charge is 0.548 e. The van der Waals surface area contributed by atoms with Crippen molar-refractivity contribution in [3.8, 4) is 11.5 Å². The Morgan fingerprint density at radius 3 is 1.44 bits per heavy atom. The molecule has 0 saturated carbocycles. The Morgan fingerprint density at radius 2 is 1.12 bits per heavy atom. The molecule has 2 aromatic heterocycles. The van der Waals surface area contributed by atoms with Gasteiger partial charge in [-0.25, -0.2) is 0 Å². The number of nitrogens with one attached hydrogen (secondary N) is 2. The van der Waals surface area contributed by atoms with Crippen LogP contribution in [0.3, 0.4) is 0 Å². The van der Waals surface area contributed by atoms with Crippen molar-refractivity contribution < 1.29 is 89.1 Å². The number of aromatic nitrogens is 2. The standard InChI is InChI=1S/2C11H12N2O3.2Na/c2*12-9(11(15)16)3-6-5-13-10-2-1-7(14)4-8(6)10;;/h2*1-2,4-5,9,13-14H,3,12H2,(H,15,16);;/q;;2*+1/p-2/t2*9-;;/m00../s1. The molecule has 8 N–H and O–H groups in total. The number of benzene rings is 2. The summed E-state index contributed by atoms with van der Waals surface area (Å²) in [5, 5.41) is 41.3. The number of H-pyrrole nitrogens is 2. The third-order valence-electron chi connectivity index (χ3n) is 4.99. The van der Waals surface area contributed by atoms with E-state index in [2.05, 4.69) is 9.97 Å². The van der Waals surface area contributed by atoms with Gasteiger partial charge in [0.25, 0.3) is 0 Å². The van der Waals surface area contributed by atoms with Crippen LogP contribution in [0.5, 0.6) is 11.5 Å². The summed E-state index contributed by atoms with van der Waals surface area (Å²) < 4.78 is 0. The Labute approximate surface area is 238 Å². The first-order valence-corrected chi connectivity index (χ1v) is 9.66. The first kappa shape index (κ1) is 30.0. The third-order valence-corrected chi connectivity index (χ3v) is 4.99. The number of aromatic hydroxyl groups is 2. The van der Waals surface area contributed by atoms with Crippen molar-refractivity contribution in [1.82, 2.24) is 9.97 Å². The van der Waals surface area contributed by atoms with Crippen LogP contribution in [0.4, 0.5) is 0 Å². The molecule has 0 unspecified atom stereocenters. The number of rotatable bonds is 6. The van der Waals surface area contributed by atoms with Gasteiger partial charge < -0.3 is 51.5 Å². The largest absolute Gasteiger partial charge is 1.00 e. The number of phenolic OH excluding ortho intramolecular Hbond substituents is 2. The van der Waals surface area contributed by atoms with E-state index in [0.29, 0.717) is 0 Å². The number of aromatic amines is 2. The second kappa shape index (κ2) is 13.2. The fourth-order valence-electron chi connectivity index (χ4n) is 3.31. The van der Waals surface area contributed by atoms with Gasteiger partial charge in [-0.3, -0.25) is 0 Å². The van der Waals surface area contributed by atoms with Crippen LogP contribution < -0.4 is 80.8 Å². The fraction of sp³-hybridized carbons (Fsp3) is 0.182. The first-order chi connectivity index (χ1) is 15.2. The average Bonchev–Trinajstić information content (AvgIpc) is 3.32. The minimum Gasteiger partial charge on any atom is -0.548 e. The minimum absolute atomic E-state index is 0.